The number of esters is 2. The first kappa shape index (κ1) is 21.2. The molecule has 0 aromatic heterocycles. The first-order valence-corrected chi connectivity index (χ1v) is 9.10. The topological polar surface area (TPSA) is 89.9 Å². The lowest BCUT2D eigenvalue weighted by molar-refractivity contribution is -0.159. The van der Waals surface area contributed by atoms with E-state index in [1.54, 1.807) is 0 Å². The van der Waals surface area contributed by atoms with Crippen molar-refractivity contribution in [1.29, 1.82) is 0 Å². The van der Waals surface area contributed by atoms with Gasteiger partial charge >= 0.3 is 17.9 Å². The lowest BCUT2D eigenvalue weighted by atomic mass is 9.79. The summed E-state index contributed by atoms with van der Waals surface area (Å²) in [6.45, 7) is 8.06. The van der Waals surface area contributed by atoms with Crippen LogP contribution in [0.1, 0.15) is 58.8 Å². The van der Waals surface area contributed by atoms with E-state index in [0.717, 1.165) is 19.3 Å². The maximum absolute atomic E-state index is 12.1. The van der Waals surface area contributed by atoms with Gasteiger partial charge in [0.05, 0.1) is 25.0 Å². The molecule has 1 aliphatic carbocycles. The lowest BCUT2D eigenvalue weighted by Crippen LogP contribution is -2.33. The summed E-state index contributed by atoms with van der Waals surface area (Å²) in [6, 6.07) is 0. The Balaban J connectivity index is 2.15. The summed E-state index contributed by atoms with van der Waals surface area (Å²) >= 11 is 0. The van der Waals surface area contributed by atoms with Crippen LogP contribution in [-0.2, 0) is 23.9 Å². The predicted octanol–water partition coefficient (Wildman–Crippen LogP) is 3.35. The van der Waals surface area contributed by atoms with Crippen LogP contribution in [0.25, 0.3) is 0 Å². The van der Waals surface area contributed by atoms with Crippen molar-refractivity contribution in [2.45, 2.75) is 58.8 Å². The highest BCUT2D eigenvalue weighted by Gasteiger charge is 2.36. The van der Waals surface area contributed by atoms with Crippen LogP contribution in [0.5, 0.6) is 0 Å². The van der Waals surface area contributed by atoms with E-state index in [-0.39, 0.29) is 18.5 Å². The van der Waals surface area contributed by atoms with E-state index in [1.165, 1.54) is 0 Å². The first-order valence-electron chi connectivity index (χ1n) is 9.10. The Labute approximate surface area is 149 Å². The molecular weight excluding hydrogens is 324 g/mol. The van der Waals surface area contributed by atoms with Gasteiger partial charge in [0.25, 0.3) is 0 Å². The second kappa shape index (κ2) is 10.9. The molecule has 0 aromatic carbocycles. The SMILES string of the molecule is C=C(C(=O)OCCCCCOC(=O)C1CCCCC1C(=O)O)C(C)C. The average molecular weight is 354 g/mol. The van der Waals surface area contributed by atoms with Gasteiger partial charge < -0.3 is 14.6 Å². The molecule has 0 spiro atoms. The van der Waals surface area contributed by atoms with Gasteiger partial charge in [-0.15, -0.1) is 0 Å². The van der Waals surface area contributed by atoms with Crippen molar-refractivity contribution in [1.82, 2.24) is 0 Å². The van der Waals surface area contributed by atoms with Crippen molar-refractivity contribution in [2.24, 2.45) is 17.8 Å². The summed E-state index contributed by atoms with van der Waals surface area (Å²) in [5, 5.41) is 9.19. The molecule has 142 valence electrons. The van der Waals surface area contributed by atoms with Gasteiger partial charge in [-0.2, -0.15) is 0 Å². The van der Waals surface area contributed by atoms with Crippen LogP contribution >= 0.6 is 0 Å². The van der Waals surface area contributed by atoms with Gasteiger partial charge in [-0.25, -0.2) is 4.79 Å². The van der Waals surface area contributed by atoms with Gasteiger partial charge in [0.15, 0.2) is 0 Å². The monoisotopic (exact) mass is 354 g/mol. The summed E-state index contributed by atoms with van der Waals surface area (Å²) < 4.78 is 10.4. The maximum Gasteiger partial charge on any atom is 0.333 e. The van der Waals surface area contributed by atoms with Crippen molar-refractivity contribution >= 4 is 17.9 Å². The van der Waals surface area contributed by atoms with E-state index in [2.05, 4.69) is 6.58 Å². The molecule has 2 unspecified atom stereocenters. The number of hydrogen-bond donors (Lipinski definition) is 1. The summed E-state index contributed by atoms with van der Waals surface area (Å²) in [4.78, 5) is 34.9. The largest absolute Gasteiger partial charge is 0.481 e. The highest BCUT2D eigenvalue weighted by Crippen LogP contribution is 2.31. The molecule has 1 N–H and O–H groups in total. The number of carbonyl (C=O) groups is 3. The minimum absolute atomic E-state index is 0.0707. The van der Waals surface area contributed by atoms with Crippen molar-refractivity contribution in [3.63, 3.8) is 0 Å². The Bertz CT molecular complexity index is 482. The number of rotatable bonds is 10. The van der Waals surface area contributed by atoms with Gasteiger partial charge in [0.1, 0.15) is 0 Å². The summed E-state index contributed by atoms with van der Waals surface area (Å²) in [5.74, 6) is -2.73. The normalized spacial score (nSPS) is 20.1. The van der Waals surface area contributed by atoms with E-state index >= 15 is 0 Å². The molecular formula is C19H30O6. The fourth-order valence-electron chi connectivity index (χ4n) is 2.86. The second-order valence-corrected chi connectivity index (χ2v) is 6.88. The standard InChI is InChI=1S/C19H30O6/c1-13(2)14(3)18(22)24-11-7-4-8-12-25-19(23)16-10-6-5-9-15(16)17(20)21/h13,15-16H,3-12H2,1-2H3,(H,20,21). The zero-order valence-electron chi connectivity index (χ0n) is 15.3. The zero-order valence-corrected chi connectivity index (χ0v) is 15.3. The first-order chi connectivity index (χ1) is 11.8. The molecule has 0 radical (unpaired) electrons. The molecule has 6 heteroatoms. The molecule has 1 saturated carbocycles. The molecule has 6 nitrogen and oxygen atoms in total. The highest BCUT2D eigenvalue weighted by molar-refractivity contribution is 5.88. The molecule has 1 rings (SSSR count). The third-order valence-electron chi connectivity index (χ3n) is 4.61. The van der Waals surface area contributed by atoms with Crippen LogP contribution < -0.4 is 0 Å². The van der Waals surface area contributed by atoms with E-state index in [0.29, 0.717) is 37.9 Å². The number of aliphatic carboxylic acids is 1. The average Bonchev–Trinajstić information content (AvgIpc) is 2.59. The highest BCUT2D eigenvalue weighted by atomic mass is 16.5. The van der Waals surface area contributed by atoms with Gasteiger partial charge in [-0.1, -0.05) is 33.3 Å². The van der Waals surface area contributed by atoms with Crippen LogP contribution in [-0.4, -0.2) is 36.2 Å². The summed E-state index contributed by atoms with van der Waals surface area (Å²) in [7, 11) is 0. The molecule has 2 atom stereocenters. The Morgan fingerprint density at radius 2 is 1.56 bits per heavy atom. The zero-order chi connectivity index (χ0) is 18.8. The molecule has 0 aliphatic heterocycles. The number of ether oxygens (including phenoxy) is 2. The van der Waals surface area contributed by atoms with Crippen LogP contribution in [0, 0.1) is 17.8 Å². The van der Waals surface area contributed by atoms with Crippen molar-refractivity contribution in [3.05, 3.63) is 12.2 Å². The molecule has 0 heterocycles. The van der Waals surface area contributed by atoms with Gasteiger partial charge in [-0.05, 0) is 38.0 Å². The van der Waals surface area contributed by atoms with E-state index in [1.807, 2.05) is 13.8 Å². The third-order valence-corrected chi connectivity index (χ3v) is 4.61. The van der Waals surface area contributed by atoms with Gasteiger partial charge in [0, 0.05) is 5.57 Å². The molecule has 1 aliphatic rings. The van der Waals surface area contributed by atoms with Crippen LogP contribution in [0.2, 0.25) is 0 Å². The van der Waals surface area contributed by atoms with Crippen molar-refractivity contribution in [2.75, 3.05) is 13.2 Å². The quantitative estimate of drug-likeness (QED) is 0.368. The van der Waals surface area contributed by atoms with E-state index in [9.17, 15) is 19.5 Å². The Hall–Kier alpha value is -1.85. The van der Waals surface area contributed by atoms with Crippen molar-refractivity contribution in [3.8, 4) is 0 Å². The molecule has 25 heavy (non-hydrogen) atoms. The number of carboxylic acids is 1. The second-order valence-electron chi connectivity index (χ2n) is 6.88. The number of hydrogen-bond acceptors (Lipinski definition) is 5. The molecule has 0 saturated heterocycles. The molecule has 1 fully saturated rings. The van der Waals surface area contributed by atoms with Gasteiger partial charge in [0.2, 0.25) is 0 Å². The summed E-state index contributed by atoms with van der Waals surface area (Å²) in [6.07, 6.45) is 4.98. The minimum Gasteiger partial charge on any atom is -0.481 e. The van der Waals surface area contributed by atoms with Crippen LogP contribution in [0.4, 0.5) is 0 Å². The molecule has 0 amide bonds. The van der Waals surface area contributed by atoms with Gasteiger partial charge in [-0.3, -0.25) is 9.59 Å². The maximum atomic E-state index is 12.1. The minimum atomic E-state index is -0.911. The van der Waals surface area contributed by atoms with Crippen LogP contribution in [0.15, 0.2) is 12.2 Å². The molecule has 0 aromatic rings. The Morgan fingerprint density at radius 3 is 2.12 bits per heavy atom. The number of carboxylic acid groups (broad SMARTS) is 1. The Morgan fingerprint density at radius 1 is 1.00 bits per heavy atom. The number of unbranched alkanes of at least 4 members (excludes halogenated alkanes) is 2. The molecule has 0 bridgehead atoms. The lowest BCUT2D eigenvalue weighted by Gasteiger charge is -2.26. The summed E-state index contributed by atoms with van der Waals surface area (Å²) in [5.41, 5.74) is 0.467. The van der Waals surface area contributed by atoms with Crippen LogP contribution in [0.3, 0.4) is 0 Å². The fourth-order valence-corrected chi connectivity index (χ4v) is 2.86. The fraction of sp³-hybridized carbons (Fsp3) is 0.737. The van der Waals surface area contributed by atoms with Crippen molar-refractivity contribution < 1.29 is 29.0 Å². The predicted molar refractivity (Wildman–Crippen MR) is 92.8 cm³/mol. The Kier molecular flexibility index (Phi) is 9.24. The third kappa shape index (κ3) is 7.28. The van der Waals surface area contributed by atoms with E-state index < -0.39 is 23.8 Å². The number of carbonyl (C=O) groups excluding carboxylic acids is 2. The van der Waals surface area contributed by atoms with E-state index in [4.69, 9.17) is 9.47 Å². The smallest absolute Gasteiger partial charge is 0.333 e.